The highest BCUT2D eigenvalue weighted by molar-refractivity contribution is 9.10. The van der Waals surface area contributed by atoms with Crippen LogP contribution in [0, 0.1) is 11.3 Å². The molecule has 0 saturated carbocycles. The van der Waals surface area contributed by atoms with Gasteiger partial charge in [0.2, 0.25) is 0 Å². The Morgan fingerprint density at radius 1 is 1.32 bits per heavy atom. The molecule has 19 heavy (non-hydrogen) atoms. The van der Waals surface area contributed by atoms with Crippen molar-refractivity contribution in [3.63, 3.8) is 0 Å². The molecule has 0 unspecified atom stereocenters. The van der Waals surface area contributed by atoms with Gasteiger partial charge >= 0.3 is 0 Å². The smallest absolute Gasteiger partial charge is 0.0992 e. The predicted molar refractivity (Wildman–Crippen MR) is 82.5 cm³/mol. The lowest BCUT2D eigenvalue weighted by Gasteiger charge is -2.07. The molecule has 3 rings (SSSR count). The molecule has 96 valence electrons. The number of halogens is 1. The van der Waals surface area contributed by atoms with Crippen molar-refractivity contribution in [3.05, 3.63) is 49.6 Å². The van der Waals surface area contributed by atoms with E-state index in [1.165, 1.54) is 24.1 Å². The molecular formula is C15H13BrN2S. The molecule has 1 heterocycles. The van der Waals surface area contributed by atoms with E-state index >= 15 is 0 Å². The molecule has 2 nitrogen and oxygen atoms in total. The van der Waals surface area contributed by atoms with Gasteiger partial charge in [0.25, 0.3) is 0 Å². The summed E-state index contributed by atoms with van der Waals surface area (Å²) in [7, 11) is 0. The Balaban J connectivity index is 1.70. The minimum atomic E-state index is 0.674. The SMILES string of the molecule is N#Cc1ccc(NCc2cc3c(s2)CCC3)c(Br)c1. The number of anilines is 1. The molecule has 0 amide bonds. The van der Waals surface area contributed by atoms with Crippen LogP contribution in [0.3, 0.4) is 0 Å². The molecular weight excluding hydrogens is 320 g/mol. The van der Waals surface area contributed by atoms with Gasteiger partial charge in [0.05, 0.1) is 11.6 Å². The van der Waals surface area contributed by atoms with Crippen molar-refractivity contribution in [2.24, 2.45) is 0 Å². The Bertz CT molecular complexity index is 633. The molecule has 1 N–H and O–H groups in total. The number of nitrogens with zero attached hydrogens (tertiary/aromatic N) is 1. The van der Waals surface area contributed by atoms with Crippen molar-refractivity contribution in [2.75, 3.05) is 5.32 Å². The number of hydrogen-bond donors (Lipinski definition) is 1. The maximum Gasteiger partial charge on any atom is 0.0992 e. The van der Waals surface area contributed by atoms with Crippen LogP contribution in [-0.2, 0) is 19.4 Å². The van der Waals surface area contributed by atoms with E-state index in [1.54, 1.807) is 10.4 Å². The average Bonchev–Trinajstić information content (AvgIpc) is 2.98. The molecule has 2 aromatic rings. The number of nitrogens with one attached hydrogen (secondary N) is 1. The number of hydrogen-bond acceptors (Lipinski definition) is 3. The minimum absolute atomic E-state index is 0.674. The van der Waals surface area contributed by atoms with Crippen LogP contribution in [0.4, 0.5) is 5.69 Å². The Morgan fingerprint density at radius 2 is 2.21 bits per heavy atom. The highest BCUT2D eigenvalue weighted by Gasteiger charge is 2.14. The van der Waals surface area contributed by atoms with E-state index < -0.39 is 0 Å². The van der Waals surface area contributed by atoms with Gasteiger partial charge in [-0.1, -0.05) is 0 Å². The monoisotopic (exact) mass is 332 g/mol. The Morgan fingerprint density at radius 3 is 2.95 bits per heavy atom. The highest BCUT2D eigenvalue weighted by atomic mass is 79.9. The summed E-state index contributed by atoms with van der Waals surface area (Å²) in [6, 6.07) is 10.1. The van der Waals surface area contributed by atoms with Gasteiger partial charge in [-0.25, -0.2) is 0 Å². The third-order valence-electron chi connectivity index (χ3n) is 3.35. The zero-order chi connectivity index (χ0) is 13.2. The van der Waals surface area contributed by atoms with Crippen LogP contribution < -0.4 is 5.32 Å². The van der Waals surface area contributed by atoms with E-state index in [-0.39, 0.29) is 0 Å². The first kappa shape index (κ1) is 12.7. The van der Waals surface area contributed by atoms with Crippen molar-refractivity contribution >= 4 is 33.0 Å². The summed E-state index contributed by atoms with van der Waals surface area (Å²) in [5.74, 6) is 0. The second-order valence-electron chi connectivity index (χ2n) is 4.67. The molecule has 0 atom stereocenters. The molecule has 0 saturated heterocycles. The summed E-state index contributed by atoms with van der Waals surface area (Å²) in [4.78, 5) is 2.96. The Hall–Kier alpha value is -1.31. The Labute approximate surface area is 125 Å². The van der Waals surface area contributed by atoms with Crippen LogP contribution >= 0.6 is 27.3 Å². The normalized spacial score (nSPS) is 13.1. The van der Waals surface area contributed by atoms with E-state index in [0.29, 0.717) is 5.56 Å². The van der Waals surface area contributed by atoms with Gasteiger partial charge in [-0.05, 0) is 65.0 Å². The molecule has 0 bridgehead atoms. The molecule has 1 aliphatic rings. The number of benzene rings is 1. The fourth-order valence-electron chi connectivity index (χ4n) is 2.39. The van der Waals surface area contributed by atoms with Crippen LogP contribution in [0.1, 0.15) is 27.3 Å². The van der Waals surface area contributed by atoms with E-state index in [1.807, 2.05) is 29.5 Å². The third kappa shape index (κ3) is 2.68. The Kier molecular flexibility index (Phi) is 3.58. The number of thiophene rings is 1. The topological polar surface area (TPSA) is 35.8 Å². The summed E-state index contributed by atoms with van der Waals surface area (Å²) in [5.41, 5.74) is 3.25. The maximum atomic E-state index is 8.84. The summed E-state index contributed by atoms with van der Waals surface area (Å²) in [6.07, 6.45) is 3.81. The summed E-state index contributed by atoms with van der Waals surface area (Å²) in [5, 5.41) is 12.3. The second kappa shape index (κ2) is 5.36. The zero-order valence-corrected chi connectivity index (χ0v) is 12.8. The van der Waals surface area contributed by atoms with E-state index in [4.69, 9.17) is 5.26 Å². The van der Waals surface area contributed by atoms with Crippen LogP contribution in [0.25, 0.3) is 0 Å². The highest BCUT2D eigenvalue weighted by Crippen LogP contribution is 2.31. The largest absolute Gasteiger partial charge is 0.379 e. The molecule has 1 aromatic heterocycles. The van der Waals surface area contributed by atoms with Gasteiger partial charge in [0.15, 0.2) is 0 Å². The quantitative estimate of drug-likeness (QED) is 0.899. The lowest BCUT2D eigenvalue weighted by Crippen LogP contribution is -1.98. The predicted octanol–water partition coefficient (Wildman–Crippen LogP) is 4.48. The molecule has 0 fully saturated rings. The minimum Gasteiger partial charge on any atom is -0.379 e. The lowest BCUT2D eigenvalue weighted by atomic mass is 10.2. The first-order valence-electron chi connectivity index (χ1n) is 6.30. The van der Waals surface area contributed by atoms with Gasteiger partial charge in [0, 0.05) is 26.5 Å². The lowest BCUT2D eigenvalue weighted by molar-refractivity contribution is 0.913. The van der Waals surface area contributed by atoms with Crippen molar-refractivity contribution in [1.82, 2.24) is 0 Å². The summed E-state index contributed by atoms with van der Waals surface area (Å²) < 4.78 is 0.940. The molecule has 0 aliphatic heterocycles. The summed E-state index contributed by atoms with van der Waals surface area (Å²) in [6.45, 7) is 0.849. The number of nitriles is 1. The fourth-order valence-corrected chi connectivity index (χ4v) is 4.11. The second-order valence-corrected chi connectivity index (χ2v) is 6.75. The van der Waals surface area contributed by atoms with Crippen molar-refractivity contribution in [3.8, 4) is 6.07 Å². The van der Waals surface area contributed by atoms with Crippen LogP contribution in [0.5, 0.6) is 0 Å². The first-order chi connectivity index (χ1) is 9.26. The van der Waals surface area contributed by atoms with Crippen LogP contribution in [-0.4, -0.2) is 0 Å². The number of aryl methyl sites for hydroxylation is 2. The van der Waals surface area contributed by atoms with Crippen LogP contribution in [0.2, 0.25) is 0 Å². The van der Waals surface area contributed by atoms with Crippen molar-refractivity contribution in [1.29, 1.82) is 5.26 Å². The van der Waals surface area contributed by atoms with Gasteiger partial charge < -0.3 is 5.32 Å². The van der Waals surface area contributed by atoms with Crippen molar-refractivity contribution in [2.45, 2.75) is 25.8 Å². The summed E-state index contributed by atoms with van der Waals surface area (Å²) >= 11 is 5.42. The third-order valence-corrected chi connectivity index (χ3v) is 5.24. The fraction of sp³-hybridized carbons (Fsp3) is 0.267. The van der Waals surface area contributed by atoms with Gasteiger partial charge in [-0.3, -0.25) is 0 Å². The van der Waals surface area contributed by atoms with Gasteiger partial charge in [0.1, 0.15) is 0 Å². The average molecular weight is 333 g/mol. The molecule has 1 aliphatic carbocycles. The zero-order valence-electron chi connectivity index (χ0n) is 10.4. The molecule has 4 heteroatoms. The number of fused-ring (bicyclic) bond motifs is 1. The first-order valence-corrected chi connectivity index (χ1v) is 7.91. The van der Waals surface area contributed by atoms with E-state index in [9.17, 15) is 0 Å². The van der Waals surface area contributed by atoms with Gasteiger partial charge in [-0.15, -0.1) is 11.3 Å². The molecule has 1 aromatic carbocycles. The number of rotatable bonds is 3. The van der Waals surface area contributed by atoms with E-state index in [2.05, 4.69) is 33.4 Å². The van der Waals surface area contributed by atoms with E-state index in [0.717, 1.165) is 16.7 Å². The maximum absolute atomic E-state index is 8.84. The molecule has 0 radical (unpaired) electrons. The van der Waals surface area contributed by atoms with Crippen molar-refractivity contribution < 1.29 is 0 Å². The molecule has 0 spiro atoms. The van der Waals surface area contributed by atoms with Gasteiger partial charge in [-0.2, -0.15) is 5.26 Å². The van der Waals surface area contributed by atoms with Crippen LogP contribution in [0.15, 0.2) is 28.7 Å². The standard InChI is InChI=1S/C15H13BrN2S/c16-13-6-10(8-17)4-5-14(13)18-9-12-7-11-2-1-3-15(11)19-12/h4-7,18H,1-3,9H2.